The number of esters is 1. The van der Waals surface area contributed by atoms with Gasteiger partial charge in [-0.1, -0.05) is 12.1 Å². The van der Waals surface area contributed by atoms with E-state index < -0.39 is 10.9 Å². The van der Waals surface area contributed by atoms with Crippen LogP contribution in [0.2, 0.25) is 0 Å². The molecule has 7 heteroatoms. The third-order valence-corrected chi connectivity index (χ3v) is 6.40. The van der Waals surface area contributed by atoms with Gasteiger partial charge in [-0.2, -0.15) is 0 Å². The minimum Gasteiger partial charge on any atom is -0.423 e. The molecule has 5 nitrogen and oxygen atoms in total. The standard InChI is InChI=1S/C16H13NO4S2/c18-15(21-14-7-5-13(6-8-14)17(19)20)11-1-3-12(4-2-11)16-22-9-10-23-16/h1-8,16H,9-10H2. The second-order valence-electron chi connectivity index (χ2n) is 4.84. The molecule has 0 unspecified atom stereocenters. The second-order valence-corrected chi connectivity index (χ2v) is 7.56. The molecule has 0 aromatic heterocycles. The maximum absolute atomic E-state index is 12.1. The van der Waals surface area contributed by atoms with Crippen LogP contribution in [-0.4, -0.2) is 22.4 Å². The summed E-state index contributed by atoms with van der Waals surface area (Å²) in [5, 5.41) is 10.6. The van der Waals surface area contributed by atoms with Crippen molar-refractivity contribution in [2.75, 3.05) is 11.5 Å². The van der Waals surface area contributed by atoms with Gasteiger partial charge in [-0.25, -0.2) is 4.79 Å². The lowest BCUT2D eigenvalue weighted by Gasteiger charge is -2.09. The highest BCUT2D eigenvalue weighted by Crippen LogP contribution is 2.45. The zero-order valence-electron chi connectivity index (χ0n) is 12.0. The third-order valence-electron chi connectivity index (χ3n) is 3.30. The first kappa shape index (κ1) is 15.9. The molecule has 1 saturated heterocycles. The molecular weight excluding hydrogens is 334 g/mol. The molecular formula is C16H13NO4S2. The van der Waals surface area contributed by atoms with Crippen LogP contribution in [0.5, 0.6) is 5.75 Å². The van der Waals surface area contributed by atoms with Gasteiger partial charge in [0.2, 0.25) is 0 Å². The number of non-ortho nitro benzene ring substituents is 1. The lowest BCUT2D eigenvalue weighted by molar-refractivity contribution is -0.384. The number of nitrogens with zero attached hydrogens (tertiary/aromatic N) is 1. The lowest BCUT2D eigenvalue weighted by atomic mass is 10.1. The number of rotatable bonds is 4. The first-order valence-electron chi connectivity index (χ1n) is 6.93. The van der Waals surface area contributed by atoms with Crippen molar-refractivity contribution >= 4 is 35.2 Å². The first-order valence-corrected chi connectivity index (χ1v) is 9.03. The van der Waals surface area contributed by atoms with Crippen molar-refractivity contribution < 1.29 is 14.5 Å². The first-order chi connectivity index (χ1) is 11.1. The molecule has 0 atom stereocenters. The Balaban J connectivity index is 1.66. The molecule has 0 bridgehead atoms. The summed E-state index contributed by atoms with van der Waals surface area (Å²) in [5.41, 5.74) is 1.62. The van der Waals surface area contributed by atoms with Gasteiger partial charge < -0.3 is 4.74 Å². The van der Waals surface area contributed by atoms with Crippen LogP contribution in [0.1, 0.15) is 20.5 Å². The van der Waals surface area contributed by atoms with Crippen LogP contribution >= 0.6 is 23.5 Å². The van der Waals surface area contributed by atoms with E-state index >= 15 is 0 Å². The molecule has 0 aliphatic carbocycles. The van der Waals surface area contributed by atoms with Crippen LogP contribution in [0.25, 0.3) is 0 Å². The zero-order valence-corrected chi connectivity index (χ0v) is 13.6. The van der Waals surface area contributed by atoms with E-state index in [4.69, 9.17) is 4.74 Å². The summed E-state index contributed by atoms with van der Waals surface area (Å²) >= 11 is 3.82. The molecule has 0 amide bonds. The van der Waals surface area contributed by atoms with Crippen molar-refractivity contribution in [1.29, 1.82) is 0 Å². The van der Waals surface area contributed by atoms with E-state index in [1.165, 1.54) is 29.8 Å². The van der Waals surface area contributed by atoms with Gasteiger partial charge in [-0.3, -0.25) is 10.1 Å². The average Bonchev–Trinajstić information content (AvgIpc) is 3.10. The van der Waals surface area contributed by atoms with E-state index in [1.807, 2.05) is 35.7 Å². The monoisotopic (exact) mass is 347 g/mol. The summed E-state index contributed by atoms with van der Waals surface area (Å²) in [5.74, 6) is 2.11. The number of thioether (sulfide) groups is 2. The van der Waals surface area contributed by atoms with Crippen molar-refractivity contribution in [2.24, 2.45) is 0 Å². The fraction of sp³-hybridized carbons (Fsp3) is 0.188. The number of nitro groups is 1. The Hall–Kier alpha value is -1.99. The van der Waals surface area contributed by atoms with Crippen molar-refractivity contribution in [2.45, 2.75) is 4.58 Å². The highest BCUT2D eigenvalue weighted by atomic mass is 32.2. The Morgan fingerprint density at radius 1 is 1.04 bits per heavy atom. The average molecular weight is 347 g/mol. The summed E-state index contributed by atoms with van der Waals surface area (Å²) in [6.45, 7) is 0. The molecule has 0 spiro atoms. The second kappa shape index (κ2) is 7.06. The Morgan fingerprint density at radius 2 is 1.65 bits per heavy atom. The van der Waals surface area contributed by atoms with Gasteiger partial charge in [0.1, 0.15) is 5.75 Å². The topological polar surface area (TPSA) is 69.4 Å². The molecule has 2 aromatic rings. The van der Waals surface area contributed by atoms with E-state index in [1.54, 1.807) is 12.1 Å². The number of hydrogen-bond donors (Lipinski definition) is 0. The Kier molecular flexibility index (Phi) is 4.88. The van der Waals surface area contributed by atoms with Crippen LogP contribution in [-0.2, 0) is 0 Å². The Morgan fingerprint density at radius 3 is 2.22 bits per heavy atom. The number of ether oxygens (including phenoxy) is 1. The SMILES string of the molecule is O=C(Oc1ccc([N+](=O)[O-])cc1)c1ccc(C2SCCS2)cc1. The summed E-state index contributed by atoms with van der Waals surface area (Å²) in [4.78, 5) is 22.2. The maximum atomic E-state index is 12.1. The molecule has 23 heavy (non-hydrogen) atoms. The zero-order chi connectivity index (χ0) is 16.2. The Bertz CT molecular complexity index is 710. The number of hydrogen-bond acceptors (Lipinski definition) is 6. The molecule has 1 fully saturated rings. The van der Waals surface area contributed by atoms with Gasteiger partial charge in [0.25, 0.3) is 5.69 Å². The van der Waals surface area contributed by atoms with Crippen molar-refractivity contribution in [3.8, 4) is 5.75 Å². The lowest BCUT2D eigenvalue weighted by Crippen LogP contribution is -2.08. The number of carbonyl (C=O) groups excluding carboxylic acids is 1. The quantitative estimate of drug-likeness (QED) is 0.356. The van der Waals surface area contributed by atoms with Gasteiger partial charge in [-0.05, 0) is 29.8 Å². The molecule has 0 N–H and O–H groups in total. The van der Waals surface area contributed by atoms with Crippen LogP contribution in [0.3, 0.4) is 0 Å². The van der Waals surface area contributed by atoms with Gasteiger partial charge in [0, 0.05) is 23.6 Å². The molecule has 3 rings (SSSR count). The van der Waals surface area contributed by atoms with Gasteiger partial charge in [0.05, 0.1) is 15.1 Å². The number of carbonyl (C=O) groups is 1. The molecule has 1 aliphatic rings. The smallest absolute Gasteiger partial charge is 0.343 e. The predicted molar refractivity (Wildman–Crippen MR) is 92.2 cm³/mol. The van der Waals surface area contributed by atoms with Gasteiger partial charge >= 0.3 is 5.97 Å². The fourth-order valence-corrected chi connectivity index (χ4v) is 4.99. The van der Waals surface area contributed by atoms with Gasteiger partial charge in [-0.15, -0.1) is 23.5 Å². The van der Waals surface area contributed by atoms with Gasteiger partial charge in [0.15, 0.2) is 0 Å². The molecule has 1 aliphatic heterocycles. The van der Waals surface area contributed by atoms with Crippen LogP contribution in [0, 0.1) is 10.1 Å². The molecule has 118 valence electrons. The van der Waals surface area contributed by atoms with E-state index in [0.717, 1.165) is 11.5 Å². The van der Waals surface area contributed by atoms with Crippen LogP contribution in [0.4, 0.5) is 5.69 Å². The minimum atomic E-state index is -0.497. The van der Waals surface area contributed by atoms with Crippen molar-refractivity contribution in [3.05, 3.63) is 69.8 Å². The predicted octanol–water partition coefficient (Wildman–Crippen LogP) is 4.29. The Labute approximate surface area is 141 Å². The maximum Gasteiger partial charge on any atom is 0.343 e. The summed E-state index contributed by atoms with van der Waals surface area (Å²) < 4.78 is 5.67. The summed E-state index contributed by atoms with van der Waals surface area (Å²) in [7, 11) is 0. The van der Waals surface area contributed by atoms with Crippen LogP contribution < -0.4 is 4.74 Å². The van der Waals surface area contributed by atoms with E-state index in [-0.39, 0.29) is 11.4 Å². The largest absolute Gasteiger partial charge is 0.423 e. The highest BCUT2D eigenvalue weighted by Gasteiger charge is 2.18. The normalized spacial score (nSPS) is 14.6. The molecule has 2 aromatic carbocycles. The highest BCUT2D eigenvalue weighted by molar-refractivity contribution is 8.19. The number of benzene rings is 2. The fourth-order valence-electron chi connectivity index (χ4n) is 2.13. The molecule has 0 radical (unpaired) electrons. The van der Waals surface area contributed by atoms with Crippen molar-refractivity contribution in [3.63, 3.8) is 0 Å². The third kappa shape index (κ3) is 3.86. The molecule has 0 saturated carbocycles. The summed E-state index contributed by atoms with van der Waals surface area (Å²) in [6.07, 6.45) is 0. The minimum absolute atomic E-state index is 0.0410. The number of nitro benzene ring substituents is 1. The van der Waals surface area contributed by atoms with E-state index in [0.29, 0.717) is 10.1 Å². The van der Waals surface area contributed by atoms with E-state index in [9.17, 15) is 14.9 Å². The van der Waals surface area contributed by atoms with Crippen molar-refractivity contribution in [1.82, 2.24) is 0 Å². The summed E-state index contributed by atoms with van der Waals surface area (Å²) in [6, 6.07) is 12.8. The van der Waals surface area contributed by atoms with Crippen LogP contribution in [0.15, 0.2) is 48.5 Å². The van der Waals surface area contributed by atoms with E-state index in [2.05, 4.69) is 0 Å². The molecule has 1 heterocycles.